The van der Waals surface area contributed by atoms with Crippen molar-refractivity contribution in [2.45, 2.75) is 26.2 Å². The molecule has 0 spiro atoms. The maximum Gasteiger partial charge on any atom is 0.304 e. The molecule has 3 heteroatoms. The molecule has 80 valence electrons. The summed E-state index contributed by atoms with van der Waals surface area (Å²) in [7, 11) is 0. The number of carboxylic acid groups (broad SMARTS) is 1. The quantitative estimate of drug-likeness (QED) is 0.821. The monoisotopic (exact) mass is 206 g/mol. The van der Waals surface area contributed by atoms with Gasteiger partial charge < -0.3 is 5.11 Å². The molecule has 1 rings (SSSR count). The van der Waals surface area contributed by atoms with E-state index in [-0.39, 0.29) is 12.2 Å². The fourth-order valence-electron chi connectivity index (χ4n) is 1.47. The number of carboxylic acids is 1. The lowest BCUT2D eigenvalue weighted by Gasteiger charge is -2.11. The van der Waals surface area contributed by atoms with Crippen LogP contribution in [-0.2, 0) is 9.59 Å². The molecule has 0 heterocycles. The summed E-state index contributed by atoms with van der Waals surface area (Å²) in [6.07, 6.45) is -0.140. The van der Waals surface area contributed by atoms with Crippen molar-refractivity contribution >= 4 is 11.8 Å². The minimum absolute atomic E-state index is 0.110. The van der Waals surface area contributed by atoms with Crippen molar-refractivity contribution in [3.8, 4) is 0 Å². The Morgan fingerprint density at radius 3 is 2.20 bits per heavy atom. The van der Waals surface area contributed by atoms with E-state index in [0.717, 1.165) is 11.1 Å². The molecule has 1 unspecified atom stereocenters. The lowest BCUT2D eigenvalue weighted by molar-refractivity contribution is -0.139. The average molecular weight is 206 g/mol. The second-order valence-corrected chi connectivity index (χ2v) is 3.67. The van der Waals surface area contributed by atoms with E-state index in [1.54, 1.807) is 0 Å². The Morgan fingerprint density at radius 2 is 1.80 bits per heavy atom. The molecule has 1 atom stereocenters. The van der Waals surface area contributed by atoms with Crippen LogP contribution >= 0.6 is 0 Å². The second-order valence-electron chi connectivity index (χ2n) is 3.67. The highest BCUT2D eigenvalue weighted by Crippen LogP contribution is 2.21. The summed E-state index contributed by atoms with van der Waals surface area (Å²) >= 11 is 0. The zero-order chi connectivity index (χ0) is 11.4. The number of aryl methyl sites for hydroxylation is 1. The largest absolute Gasteiger partial charge is 0.481 e. The normalized spacial score (nSPS) is 12.1. The third kappa shape index (κ3) is 3.20. The topological polar surface area (TPSA) is 54.4 Å². The highest BCUT2D eigenvalue weighted by atomic mass is 16.4. The predicted molar refractivity (Wildman–Crippen MR) is 56.9 cm³/mol. The zero-order valence-electron chi connectivity index (χ0n) is 8.86. The van der Waals surface area contributed by atoms with Crippen LogP contribution in [0.25, 0.3) is 0 Å². The molecule has 1 N–H and O–H groups in total. The number of benzene rings is 1. The zero-order valence-corrected chi connectivity index (χ0v) is 8.86. The van der Waals surface area contributed by atoms with Crippen molar-refractivity contribution < 1.29 is 14.7 Å². The number of Topliss-reactive ketones (excluding diaryl/α,β-unsaturated/α-hetero) is 1. The molecular formula is C12H14O3. The third-order valence-electron chi connectivity index (χ3n) is 2.35. The van der Waals surface area contributed by atoms with E-state index in [9.17, 15) is 9.59 Å². The molecule has 3 nitrogen and oxygen atoms in total. The van der Waals surface area contributed by atoms with Crippen LogP contribution in [-0.4, -0.2) is 16.9 Å². The Morgan fingerprint density at radius 1 is 1.27 bits per heavy atom. The lowest BCUT2D eigenvalue weighted by atomic mass is 9.92. The van der Waals surface area contributed by atoms with Crippen LogP contribution in [0.2, 0.25) is 0 Å². The van der Waals surface area contributed by atoms with Gasteiger partial charge in [0.15, 0.2) is 0 Å². The number of rotatable bonds is 4. The maximum absolute atomic E-state index is 11.3. The summed E-state index contributed by atoms with van der Waals surface area (Å²) in [6.45, 7) is 3.37. The molecule has 0 aromatic heterocycles. The fraction of sp³-hybridized carbons (Fsp3) is 0.333. The summed E-state index contributed by atoms with van der Waals surface area (Å²) in [4.78, 5) is 21.9. The third-order valence-corrected chi connectivity index (χ3v) is 2.35. The molecule has 0 radical (unpaired) electrons. The van der Waals surface area contributed by atoms with Gasteiger partial charge in [0, 0.05) is 0 Å². The van der Waals surface area contributed by atoms with E-state index >= 15 is 0 Å². The van der Waals surface area contributed by atoms with Crippen molar-refractivity contribution in [3.63, 3.8) is 0 Å². The Kier molecular flexibility index (Phi) is 3.61. The fourth-order valence-corrected chi connectivity index (χ4v) is 1.47. The van der Waals surface area contributed by atoms with Crippen molar-refractivity contribution in [1.29, 1.82) is 0 Å². The first-order valence-electron chi connectivity index (χ1n) is 4.79. The van der Waals surface area contributed by atoms with Crippen molar-refractivity contribution in [3.05, 3.63) is 35.4 Å². The predicted octanol–water partition coefficient (Wildman–Crippen LogP) is 2.14. The van der Waals surface area contributed by atoms with Crippen molar-refractivity contribution in [1.82, 2.24) is 0 Å². The van der Waals surface area contributed by atoms with Crippen molar-refractivity contribution in [2.75, 3.05) is 0 Å². The van der Waals surface area contributed by atoms with E-state index in [4.69, 9.17) is 5.11 Å². The minimum atomic E-state index is -0.948. The molecule has 1 aromatic carbocycles. The highest BCUT2D eigenvalue weighted by Gasteiger charge is 2.19. The SMILES string of the molecule is CC(=O)C(CC(=O)O)c1ccc(C)cc1. The first-order valence-corrected chi connectivity index (χ1v) is 4.79. The molecule has 0 saturated carbocycles. The van der Waals surface area contributed by atoms with Gasteiger partial charge in [-0.3, -0.25) is 9.59 Å². The molecule has 1 aromatic rings. The van der Waals surface area contributed by atoms with E-state index in [1.165, 1.54) is 6.92 Å². The number of hydrogen-bond donors (Lipinski definition) is 1. The summed E-state index contributed by atoms with van der Waals surface area (Å²) in [5, 5.41) is 8.70. The van der Waals surface area contributed by atoms with Gasteiger partial charge in [0.2, 0.25) is 0 Å². The Hall–Kier alpha value is -1.64. The Bertz CT molecular complexity index is 365. The van der Waals surface area contributed by atoms with Gasteiger partial charge in [-0.25, -0.2) is 0 Å². The smallest absolute Gasteiger partial charge is 0.304 e. The van der Waals surface area contributed by atoms with Gasteiger partial charge in [-0.15, -0.1) is 0 Å². The van der Waals surface area contributed by atoms with Gasteiger partial charge >= 0.3 is 5.97 Å². The van der Waals surface area contributed by atoms with Crippen LogP contribution in [0.5, 0.6) is 0 Å². The second kappa shape index (κ2) is 4.73. The van der Waals surface area contributed by atoms with Gasteiger partial charge in [-0.2, -0.15) is 0 Å². The van der Waals surface area contributed by atoms with Gasteiger partial charge in [0.1, 0.15) is 5.78 Å². The highest BCUT2D eigenvalue weighted by molar-refractivity contribution is 5.87. The summed E-state index contributed by atoms with van der Waals surface area (Å²) in [6, 6.07) is 7.38. The molecule has 0 saturated heterocycles. The molecule has 15 heavy (non-hydrogen) atoms. The molecule has 0 aliphatic carbocycles. The van der Waals surface area contributed by atoms with Gasteiger partial charge in [0.05, 0.1) is 12.3 Å². The van der Waals surface area contributed by atoms with E-state index < -0.39 is 11.9 Å². The molecule has 0 bridgehead atoms. The van der Waals surface area contributed by atoms with E-state index in [2.05, 4.69) is 0 Å². The summed E-state index contributed by atoms with van der Waals surface area (Å²) in [5.74, 6) is -1.58. The number of aliphatic carboxylic acids is 1. The molecule has 0 aliphatic heterocycles. The number of carbonyl (C=O) groups is 2. The van der Waals surface area contributed by atoms with Crippen LogP contribution in [0.4, 0.5) is 0 Å². The van der Waals surface area contributed by atoms with Crippen LogP contribution in [0, 0.1) is 6.92 Å². The van der Waals surface area contributed by atoms with Crippen LogP contribution < -0.4 is 0 Å². The van der Waals surface area contributed by atoms with Gasteiger partial charge in [0.25, 0.3) is 0 Å². The first-order chi connectivity index (χ1) is 7.00. The van der Waals surface area contributed by atoms with Crippen molar-refractivity contribution in [2.24, 2.45) is 0 Å². The Balaban J connectivity index is 2.94. The van der Waals surface area contributed by atoms with E-state index in [1.807, 2.05) is 31.2 Å². The molecule has 0 aliphatic rings. The average Bonchev–Trinajstić information content (AvgIpc) is 2.15. The molecular weight excluding hydrogens is 192 g/mol. The maximum atomic E-state index is 11.3. The number of carbonyl (C=O) groups excluding carboxylic acids is 1. The van der Waals surface area contributed by atoms with Crippen LogP contribution in [0.15, 0.2) is 24.3 Å². The first kappa shape index (κ1) is 11.4. The summed E-state index contributed by atoms with van der Waals surface area (Å²) in [5.41, 5.74) is 1.87. The number of ketones is 1. The van der Waals surface area contributed by atoms with Gasteiger partial charge in [-0.05, 0) is 19.4 Å². The minimum Gasteiger partial charge on any atom is -0.481 e. The van der Waals surface area contributed by atoms with E-state index in [0.29, 0.717) is 0 Å². The molecule has 0 fully saturated rings. The molecule has 0 amide bonds. The number of hydrogen-bond acceptors (Lipinski definition) is 2. The van der Waals surface area contributed by atoms with Crippen LogP contribution in [0.1, 0.15) is 30.4 Å². The lowest BCUT2D eigenvalue weighted by Crippen LogP contribution is -2.13. The summed E-state index contributed by atoms with van der Waals surface area (Å²) < 4.78 is 0. The Labute approximate surface area is 88.7 Å². The van der Waals surface area contributed by atoms with Crippen LogP contribution in [0.3, 0.4) is 0 Å². The standard InChI is InChI=1S/C12H14O3/c1-8-3-5-10(6-4-8)11(9(2)13)7-12(14)15/h3-6,11H,7H2,1-2H3,(H,14,15). The van der Waals surface area contributed by atoms with Gasteiger partial charge in [-0.1, -0.05) is 29.8 Å².